The van der Waals surface area contributed by atoms with Gasteiger partial charge >= 0.3 is 0 Å². The Morgan fingerprint density at radius 1 is 1.31 bits per heavy atom. The Hall–Kier alpha value is -1.06. The van der Waals surface area contributed by atoms with Crippen LogP contribution >= 0.6 is 0 Å². The molecule has 0 spiro atoms. The maximum atomic E-state index is 6.19. The van der Waals surface area contributed by atoms with Crippen molar-refractivity contribution in [2.24, 2.45) is 5.73 Å². The van der Waals surface area contributed by atoms with Crippen LogP contribution in [0.5, 0.6) is 5.75 Å². The zero-order valence-corrected chi connectivity index (χ0v) is 10.1. The SMILES string of the molecule is CC(C)(C)OC1COc2ccccc2C1N. The smallest absolute Gasteiger partial charge is 0.124 e. The van der Waals surface area contributed by atoms with Gasteiger partial charge in [-0.05, 0) is 26.8 Å². The summed E-state index contributed by atoms with van der Waals surface area (Å²) in [5.41, 5.74) is 7.03. The van der Waals surface area contributed by atoms with Crippen molar-refractivity contribution in [3.8, 4) is 5.75 Å². The van der Waals surface area contributed by atoms with Gasteiger partial charge in [-0.1, -0.05) is 18.2 Å². The van der Waals surface area contributed by atoms with E-state index in [-0.39, 0.29) is 17.7 Å². The minimum absolute atomic E-state index is 0.0742. The van der Waals surface area contributed by atoms with Gasteiger partial charge in [0.2, 0.25) is 0 Å². The Morgan fingerprint density at radius 2 is 2.00 bits per heavy atom. The lowest BCUT2D eigenvalue weighted by Gasteiger charge is -2.35. The average Bonchev–Trinajstić information content (AvgIpc) is 2.21. The molecule has 0 radical (unpaired) electrons. The highest BCUT2D eigenvalue weighted by Gasteiger charge is 2.31. The van der Waals surface area contributed by atoms with Crippen molar-refractivity contribution in [3.63, 3.8) is 0 Å². The van der Waals surface area contributed by atoms with Crippen molar-refractivity contribution in [3.05, 3.63) is 29.8 Å². The van der Waals surface area contributed by atoms with Crippen molar-refractivity contribution in [2.45, 2.75) is 38.5 Å². The molecule has 3 heteroatoms. The molecular formula is C13H19NO2. The lowest BCUT2D eigenvalue weighted by atomic mass is 9.98. The Kier molecular flexibility index (Phi) is 2.91. The molecule has 88 valence electrons. The van der Waals surface area contributed by atoms with Gasteiger partial charge in [0.25, 0.3) is 0 Å². The molecule has 0 saturated carbocycles. The van der Waals surface area contributed by atoms with Crippen LogP contribution in [0.1, 0.15) is 32.4 Å². The molecule has 0 bridgehead atoms. The van der Waals surface area contributed by atoms with E-state index >= 15 is 0 Å². The summed E-state index contributed by atoms with van der Waals surface area (Å²) in [5.74, 6) is 0.878. The summed E-state index contributed by atoms with van der Waals surface area (Å²) in [6.07, 6.45) is -0.0742. The van der Waals surface area contributed by atoms with Crippen LogP contribution in [0.25, 0.3) is 0 Å². The summed E-state index contributed by atoms with van der Waals surface area (Å²) in [6.45, 7) is 6.61. The predicted molar refractivity (Wildman–Crippen MR) is 63.5 cm³/mol. The monoisotopic (exact) mass is 221 g/mol. The second-order valence-corrected chi connectivity index (χ2v) is 5.14. The molecule has 0 aromatic heterocycles. The second kappa shape index (κ2) is 4.07. The van der Waals surface area contributed by atoms with Gasteiger partial charge in [0.1, 0.15) is 18.5 Å². The first kappa shape index (κ1) is 11.4. The lowest BCUT2D eigenvalue weighted by molar-refractivity contribution is -0.0926. The number of benzene rings is 1. The zero-order valence-electron chi connectivity index (χ0n) is 10.1. The van der Waals surface area contributed by atoms with Gasteiger partial charge in [0.05, 0.1) is 11.6 Å². The van der Waals surface area contributed by atoms with E-state index in [1.165, 1.54) is 0 Å². The van der Waals surface area contributed by atoms with Crippen LogP contribution in [0.15, 0.2) is 24.3 Å². The molecule has 2 atom stereocenters. The predicted octanol–water partition coefficient (Wildman–Crippen LogP) is 2.26. The van der Waals surface area contributed by atoms with Crippen LogP contribution in [-0.4, -0.2) is 18.3 Å². The third kappa shape index (κ3) is 2.36. The molecule has 1 aliphatic heterocycles. The minimum Gasteiger partial charge on any atom is -0.490 e. The minimum atomic E-state index is -0.196. The van der Waals surface area contributed by atoms with E-state index in [0.29, 0.717) is 6.61 Å². The molecule has 1 heterocycles. The van der Waals surface area contributed by atoms with Gasteiger partial charge in [0.15, 0.2) is 0 Å². The fourth-order valence-corrected chi connectivity index (χ4v) is 1.92. The number of hydrogen-bond donors (Lipinski definition) is 1. The van der Waals surface area contributed by atoms with Crippen molar-refractivity contribution >= 4 is 0 Å². The van der Waals surface area contributed by atoms with E-state index in [1.54, 1.807) is 0 Å². The summed E-state index contributed by atoms with van der Waals surface area (Å²) in [5, 5.41) is 0. The van der Waals surface area contributed by atoms with Crippen LogP contribution in [0.2, 0.25) is 0 Å². The fourth-order valence-electron chi connectivity index (χ4n) is 1.92. The van der Waals surface area contributed by atoms with E-state index < -0.39 is 0 Å². The van der Waals surface area contributed by atoms with Crippen LogP contribution in [0.4, 0.5) is 0 Å². The highest BCUT2D eigenvalue weighted by atomic mass is 16.5. The van der Waals surface area contributed by atoms with Gasteiger partial charge in [-0.2, -0.15) is 0 Å². The van der Waals surface area contributed by atoms with Crippen molar-refractivity contribution < 1.29 is 9.47 Å². The van der Waals surface area contributed by atoms with E-state index in [4.69, 9.17) is 15.2 Å². The van der Waals surface area contributed by atoms with Crippen LogP contribution in [0, 0.1) is 0 Å². The molecule has 0 saturated heterocycles. The Bertz CT molecular complexity index is 370. The highest BCUT2D eigenvalue weighted by Crippen LogP contribution is 2.33. The first-order valence-corrected chi connectivity index (χ1v) is 5.62. The maximum absolute atomic E-state index is 6.19. The topological polar surface area (TPSA) is 44.5 Å². The van der Waals surface area contributed by atoms with E-state index in [1.807, 2.05) is 45.0 Å². The molecule has 1 aromatic rings. The molecule has 16 heavy (non-hydrogen) atoms. The standard InChI is InChI=1S/C13H19NO2/c1-13(2,3)16-11-8-15-10-7-5-4-6-9(10)12(11)14/h4-7,11-12H,8,14H2,1-3H3. The second-order valence-electron chi connectivity index (χ2n) is 5.14. The first-order chi connectivity index (χ1) is 7.47. The molecule has 0 fully saturated rings. The van der Waals surface area contributed by atoms with E-state index in [9.17, 15) is 0 Å². The Balaban J connectivity index is 2.18. The number of fused-ring (bicyclic) bond motifs is 1. The fraction of sp³-hybridized carbons (Fsp3) is 0.538. The zero-order chi connectivity index (χ0) is 11.8. The normalized spacial score (nSPS) is 24.8. The largest absolute Gasteiger partial charge is 0.490 e. The third-order valence-electron chi connectivity index (χ3n) is 2.59. The number of hydrogen-bond acceptors (Lipinski definition) is 3. The Morgan fingerprint density at radius 3 is 2.69 bits per heavy atom. The quantitative estimate of drug-likeness (QED) is 0.791. The molecule has 0 aliphatic carbocycles. The molecule has 1 aromatic carbocycles. The Labute approximate surface area is 96.5 Å². The summed E-state index contributed by atoms with van der Waals surface area (Å²) >= 11 is 0. The van der Waals surface area contributed by atoms with Gasteiger partial charge in [-0.25, -0.2) is 0 Å². The molecule has 0 amide bonds. The van der Waals surface area contributed by atoms with Crippen LogP contribution in [0.3, 0.4) is 0 Å². The summed E-state index contributed by atoms with van der Waals surface area (Å²) < 4.78 is 11.5. The van der Waals surface area contributed by atoms with Gasteiger partial charge in [-0.3, -0.25) is 0 Å². The summed E-state index contributed by atoms with van der Waals surface area (Å²) in [7, 11) is 0. The average molecular weight is 221 g/mol. The number of rotatable bonds is 1. The molecule has 3 nitrogen and oxygen atoms in total. The highest BCUT2D eigenvalue weighted by molar-refractivity contribution is 5.38. The van der Waals surface area contributed by atoms with Gasteiger partial charge < -0.3 is 15.2 Å². The molecular weight excluding hydrogens is 202 g/mol. The summed E-state index contributed by atoms with van der Waals surface area (Å²) in [6, 6.07) is 7.77. The number of para-hydroxylation sites is 1. The molecule has 2 unspecified atom stereocenters. The van der Waals surface area contributed by atoms with Crippen molar-refractivity contribution in [2.75, 3.05) is 6.61 Å². The summed E-state index contributed by atoms with van der Waals surface area (Å²) in [4.78, 5) is 0. The lowest BCUT2D eigenvalue weighted by Crippen LogP contribution is -2.42. The van der Waals surface area contributed by atoms with Crippen LogP contribution in [-0.2, 0) is 4.74 Å². The van der Waals surface area contributed by atoms with Crippen molar-refractivity contribution in [1.82, 2.24) is 0 Å². The van der Waals surface area contributed by atoms with E-state index in [0.717, 1.165) is 11.3 Å². The van der Waals surface area contributed by atoms with Crippen LogP contribution < -0.4 is 10.5 Å². The third-order valence-corrected chi connectivity index (χ3v) is 2.59. The van der Waals surface area contributed by atoms with E-state index in [2.05, 4.69) is 0 Å². The molecule has 2 rings (SSSR count). The van der Waals surface area contributed by atoms with Gasteiger partial charge in [-0.15, -0.1) is 0 Å². The molecule has 2 N–H and O–H groups in total. The van der Waals surface area contributed by atoms with Gasteiger partial charge in [0, 0.05) is 5.56 Å². The number of nitrogens with two attached hydrogens (primary N) is 1. The maximum Gasteiger partial charge on any atom is 0.124 e. The number of ether oxygens (including phenoxy) is 2. The van der Waals surface area contributed by atoms with Crippen molar-refractivity contribution in [1.29, 1.82) is 0 Å². The molecule has 1 aliphatic rings. The first-order valence-electron chi connectivity index (χ1n) is 5.62.